The molecule has 1 aliphatic heterocycles. The summed E-state index contributed by atoms with van der Waals surface area (Å²) in [5.41, 5.74) is 0. The molecule has 0 amide bonds. The monoisotopic (exact) mass is 436 g/mol. The van der Waals surface area contributed by atoms with E-state index in [0.717, 1.165) is 0 Å². The van der Waals surface area contributed by atoms with Gasteiger partial charge in [-0.3, -0.25) is 9.42 Å². The van der Waals surface area contributed by atoms with E-state index in [1.54, 1.807) is 0 Å². The normalized spacial score (nSPS) is 37.2. The smallest absolute Gasteiger partial charge is 0.406 e. The second-order valence-corrected chi connectivity index (χ2v) is 10.1. The lowest BCUT2D eigenvalue weighted by molar-refractivity contribution is -0.0458. The maximum Gasteiger partial charge on any atom is 0.527 e. The molecule has 0 aromatic carbocycles. The molecular formula is C20H37O8P. The van der Waals surface area contributed by atoms with Crippen molar-refractivity contribution in [2.24, 2.45) is 11.8 Å². The van der Waals surface area contributed by atoms with E-state index in [2.05, 4.69) is 6.58 Å². The van der Waals surface area contributed by atoms with E-state index in [0.29, 0.717) is 12.8 Å². The summed E-state index contributed by atoms with van der Waals surface area (Å²) in [5.74, 6) is -0.483. The molecular weight excluding hydrogens is 399 g/mol. The molecule has 2 fully saturated rings. The fourth-order valence-electron chi connectivity index (χ4n) is 3.95. The van der Waals surface area contributed by atoms with Gasteiger partial charge in [-0.2, -0.15) is 0 Å². The molecule has 0 aromatic rings. The number of aliphatic hydroxyl groups is 1. The van der Waals surface area contributed by atoms with Crippen LogP contribution in [0.15, 0.2) is 12.3 Å². The summed E-state index contributed by atoms with van der Waals surface area (Å²) < 4.78 is 40.6. The Hall–Kier alpha value is -0.470. The van der Waals surface area contributed by atoms with Crippen LogP contribution in [-0.2, 0) is 27.8 Å². The third kappa shape index (κ3) is 7.03. The predicted octanol–water partition coefficient (Wildman–Crippen LogP) is 3.42. The molecule has 1 heterocycles. The van der Waals surface area contributed by atoms with Crippen molar-refractivity contribution in [1.29, 1.82) is 0 Å². The molecule has 9 heteroatoms. The van der Waals surface area contributed by atoms with Crippen LogP contribution in [0.1, 0.15) is 54.4 Å². The fraction of sp³-hybridized carbons (Fsp3) is 0.900. The van der Waals surface area contributed by atoms with Crippen LogP contribution in [0.5, 0.6) is 0 Å². The van der Waals surface area contributed by atoms with Crippen LogP contribution in [0, 0.1) is 11.8 Å². The maximum absolute atomic E-state index is 12.7. The summed E-state index contributed by atoms with van der Waals surface area (Å²) in [4.78, 5) is 10.3. The average Bonchev–Trinajstić information content (AvgIpc) is 3.04. The number of aliphatic hydroxyl groups excluding tert-OH is 1. The van der Waals surface area contributed by atoms with Crippen molar-refractivity contribution >= 4 is 7.82 Å². The molecule has 0 aromatic heterocycles. The highest BCUT2D eigenvalue weighted by atomic mass is 31.2. The van der Waals surface area contributed by atoms with Crippen LogP contribution in [0.4, 0.5) is 0 Å². The number of phosphoric ester groups is 1. The molecule has 8 atom stereocenters. The molecule has 0 spiro atoms. The van der Waals surface area contributed by atoms with E-state index in [9.17, 15) is 14.6 Å². The van der Waals surface area contributed by atoms with Crippen molar-refractivity contribution in [3.63, 3.8) is 0 Å². The van der Waals surface area contributed by atoms with Crippen molar-refractivity contribution in [2.75, 3.05) is 6.61 Å². The first-order valence-electron chi connectivity index (χ1n) is 10.4. The summed E-state index contributed by atoms with van der Waals surface area (Å²) in [5, 5.41) is 10.4. The lowest BCUT2D eigenvalue weighted by Gasteiger charge is -2.27. The second kappa shape index (κ2) is 10.2. The molecule has 2 rings (SSSR count). The Morgan fingerprint density at radius 1 is 1.17 bits per heavy atom. The van der Waals surface area contributed by atoms with Gasteiger partial charge in [-0.1, -0.05) is 13.5 Å². The number of hydrogen-bond donors (Lipinski definition) is 2. The molecule has 170 valence electrons. The zero-order chi connectivity index (χ0) is 21.9. The Kier molecular flexibility index (Phi) is 8.74. The third-order valence-electron chi connectivity index (χ3n) is 5.27. The van der Waals surface area contributed by atoms with Crippen molar-refractivity contribution in [3.05, 3.63) is 12.3 Å². The van der Waals surface area contributed by atoms with E-state index in [4.69, 9.17) is 23.3 Å². The minimum absolute atomic E-state index is 0.00686. The SMILES string of the molecule is C=C(OP(=O)(O)O[C@@H]1C[C@H](C)C(O)[C@@H]1COC(C)C)[C@H]1O[C@@H](C)CC1OC(C)C. The van der Waals surface area contributed by atoms with Gasteiger partial charge in [0.25, 0.3) is 0 Å². The highest BCUT2D eigenvalue weighted by Gasteiger charge is 2.46. The molecule has 1 saturated carbocycles. The molecule has 2 aliphatic rings. The number of ether oxygens (including phenoxy) is 3. The lowest BCUT2D eigenvalue weighted by Crippen LogP contribution is -2.32. The number of rotatable bonds is 10. The first-order chi connectivity index (χ1) is 13.4. The van der Waals surface area contributed by atoms with Crippen LogP contribution in [0.3, 0.4) is 0 Å². The summed E-state index contributed by atoms with van der Waals surface area (Å²) in [7, 11) is -4.47. The molecule has 8 nitrogen and oxygen atoms in total. The minimum Gasteiger partial charge on any atom is -0.406 e. The van der Waals surface area contributed by atoms with E-state index < -0.39 is 32.1 Å². The predicted molar refractivity (Wildman–Crippen MR) is 108 cm³/mol. The molecule has 1 aliphatic carbocycles. The first kappa shape index (κ1) is 24.8. The molecule has 0 bridgehead atoms. The Morgan fingerprint density at radius 3 is 2.41 bits per heavy atom. The van der Waals surface area contributed by atoms with Crippen LogP contribution >= 0.6 is 7.82 Å². The van der Waals surface area contributed by atoms with Gasteiger partial charge in [0, 0.05) is 12.3 Å². The van der Waals surface area contributed by atoms with E-state index in [1.807, 2.05) is 41.5 Å². The van der Waals surface area contributed by atoms with Crippen LogP contribution in [0.2, 0.25) is 0 Å². The van der Waals surface area contributed by atoms with Gasteiger partial charge in [0.1, 0.15) is 11.9 Å². The van der Waals surface area contributed by atoms with Crippen molar-refractivity contribution < 1.29 is 37.8 Å². The Labute approximate surface area is 174 Å². The van der Waals surface area contributed by atoms with Gasteiger partial charge in [0.15, 0.2) is 0 Å². The maximum atomic E-state index is 12.7. The van der Waals surface area contributed by atoms with Gasteiger partial charge >= 0.3 is 7.82 Å². The van der Waals surface area contributed by atoms with Crippen molar-refractivity contribution in [1.82, 2.24) is 0 Å². The summed E-state index contributed by atoms with van der Waals surface area (Å²) in [6, 6.07) is 0. The quantitative estimate of drug-likeness (QED) is 0.397. The van der Waals surface area contributed by atoms with Gasteiger partial charge in [-0.25, -0.2) is 4.57 Å². The van der Waals surface area contributed by atoms with Crippen molar-refractivity contribution in [2.45, 2.75) is 97.1 Å². The van der Waals surface area contributed by atoms with Crippen LogP contribution < -0.4 is 0 Å². The first-order valence-corrected chi connectivity index (χ1v) is 11.9. The highest BCUT2D eigenvalue weighted by molar-refractivity contribution is 7.47. The highest BCUT2D eigenvalue weighted by Crippen LogP contribution is 2.52. The lowest BCUT2D eigenvalue weighted by atomic mass is 10.0. The standard InChI is InChI=1S/C20H37O8P/c1-11(2)24-10-16-17(8-13(5)19(16)21)28-29(22,23)27-15(7)20-18(25-12(3)4)9-14(6)26-20/h11-14,16-21H,7-10H2,1-6H3,(H,22,23)/t13-,14-,16+,17+,18?,19?,20+/m0/s1. The molecule has 0 radical (unpaired) electrons. The summed E-state index contributed by atoms with van der Waals surface area (Å²) in [6.45, 7) is 15.4. The minimum atomic E-state index is -4.47. The van der Waals surface area contributed by atoms with Gasteiger partial charge in [0.05, 0.1) is 43.2 Å². The number of hydrogen-bond acceptors (Lipinski definition) is 7. The van der Waals surface area contributed by atoms with Gasteiger partial charge in [-0.05, 0) is 47.0 Å². The van der Waals surface area contributed by atoms with E-state index >= 15 is 0 Å². The van der Waals surface area contributed by atoms with E-state index in [1.165, 1.54) is 0 Å². The van der Waals surface area contributed by atoms with Gasteiger partial charge in [0.2, 0.25) is 0 Å². The third-order valence-corrected chi connectivity index (χ3v) is 6.27. The second-order valence-electron chi connectivity index (χ2n) is 8.75. The van der Waals surface area contributed by atoms with Gasteiger partial charge < -0.3 is 23.8 Å². The van der Waals surface area contributed by atoms with Crippen LogP contribution in [0.25, 0.3) is 0 Å². The van der Waals surface area contributed by atoms with Crippen LogP contribution in [-0.4, -0.2) is 59.3 Å². The zero-order valence-corrected chi connectivity index (χ0v) is 19.2. The Bertz CT molecular complexity index is 595. The molecule has 2 N–H and O–H groups in total. The molecule has 1 saturated heterocycles. The number of phosphoric acid groups is 1. The van der Waals surface area contributed by atoms with Gasteiger partial charge in [-0.15, -0.1) is 0 Å². The Balaban J connectivity index is 2.00. The average molecular weight is 436 g/mol. The Morgan fingerprint density at radius 2 is 1.83 bits per heavy atom. The topological polar surface area (TPSA) is 104 Å². The molecule has 3 unspecified atom stereocenters. The zero-order valence-electron chi connectivity index (χ0n) is 18.3. The summed E-state index contributed by atoms with van der Waals surface area (Å²) in [6.07, 6.45) is -1.33. The summed E-state index contributed by atoms with van der Waals surface area (Å²) >= 11 is 0. The molecule has 29 heavy (non-hydrogen) atoms. The largest absolute Gasteiger partial charge is 0.527 e. The van der Waals surface area contributed by atoms with Crippen molar-refractivity contribution in [3.8, 4) is 0 Å². The fourth-order valence-corrected chi connectivity index (χ4v) is 4.98. The van der Waals surface area contributed by atoms with E-state index in [-0.39, 0.29) is 42.7 Å².